The molecule has 0 spiro atoms. The van der Waals surface area contributed by atoms with E-state index in [9.17, 15) is 4.79 Å². The second-order valence-corrected chi connectivity index (χ2v) is 4.27. The van der Waals surface area contributed by atoms with Gasteiger partial charge in [0.2, 0.25) is 0 Å². The lowest BCUT2D eigenvalue weighted by Crippen LogP contribution is -2.12. The van der Waals surface area contributed by atoms with Crippen LogP contribution >= 0.6 is 0 Å². The number of esters is 1. The normalized spacial score (nSPS) is 12.1. The van der Waals surface area contributed by atoms with Crippen LogP contribution in [0.25, 0.3) is 0 Å². The molecule has 0 radical (unpaired) electrons. The molecule has 1 atom stereocenters. The monoisotopic (exact) mass is 236 g/mol. The molecule has 0 saturated carbocycles. The first-order valence-electron chi connectivity index (χ1n) is 5.85. The number of hydrogen-bond donors (Lipinski definition) is 0. The summed E-state index contributed by atoms with van der Waals surface area (Å²) in [6.07, 6.45) is 1.13. The molecule has 0 aromatic heterocycles. The third kappa shape index (κ3) is 3.22. The molecule has 1 unspecified atom stereocenters. The fraction of sp³-hybridized carbons (Fsp3) is 0.500. The van der Waals surface area contributed by atoms with Crippen LogP contribution in [0.1, 0.15) is 41.8 Å². The standard InChI is InChI=1S/C14H20O3/c1-6-11(4)17-13-9(2)7-12(8-10(13)3)14(15)16-5/h7-8,11H,6H2,1-5H3. The minimum Gasteiger partial charge on any atom is -0.490 e. The van der Waals surface area contributed by atoms with Crippen molar-refractivity contribution in [1.82, 2.24) is 0 Å². The molecule has 3 heteroatoms. The lowest BCUT2D eigenvalue weighted by atomic mass is 10.1. The van der Waals surface area contributed by atoms with E-state index in [1.165, 1.54) is 7.11 Å². The first-order valence-corrected chi connectivity index (χ1v) is 5.85. The summed E-state index contributed by atoms with van der Waals surface area (Å²) in [6.45, 7) is 8.00. The molecule has 1 rings (SSSR count). The van der Waals surface area contributed by atoms with E-state index in [-0.39, 0.29) is 12.1 Å². The van der Waals surface area contributed by atoms with Crippen LogP contribution in [0.3, 0.4) is 0 Å². The number of carbonyl (C=O) groups excluding carboxylic acids is 1. The zero-order valence-electron chi connectivity index (χ0n) is 11.2. The maximum absolute atomic E-state index is 11.4. The molecule has 17 heavy (non-hydrogen) atoms. The van der Waals surface area contributed by atoms with Crippen molar-refractivity contribution in [2.75, 3.05) is 7.11 Å². The molecule has 0 aliphatic carbocycles. The molecule has 3 nitrogen and oxygen atoms in total. The van der Waals surface area contributed by atoms with Crippen LogP contribution in [0.15, 0.2) is 12.1 Å². The summed E-state index contributed by atoms with van der Waals surface area (Å²) >= 11 is 0. The molecule has 0 aliphatic rings. The Kier molecular flexibility index (Phi) is 4.55. The maximum Gasteiger partial charge on any atom is 0.337 e. The summed E-state index contributed by atoms with van der Waals surface area (Å²) in [5, 5.41) is 0. The van der Waals surface area contributed by atoms with Crippen molar-refractivity contribution >= 4 is 5.97 Å². The summed E-state index contributed by atoms with van der Waals surface area (Å²) in [5.41, 5.74) is 2.50. The fourth-order valence-corrected chi connectivity index (χ4v) is 1.66. The molecule has 0 aliphatic heterocycles. The van der Waals surface area contributed by atoms with Gasteiger partial charge in [-0.2, -0.15) is 0 Å². The number of aryl methyl sites for hydroxylation is 2. The second kappa shape index (κ2) is 5.71. The Balaban J connectivity index is 3.06. The fourth-order valence-electron chi connectivity index (χ4n) is 1.66. The van der Waals surface area contributed by atoms with Crippen LogP contribution in [-0.4, -0.2) is 19.2 Å². The average Bonchev–Trinajstić information content (AvgIpc) is 2.32. The van der Waals surface area contributed by atoms with Gasteiger partial charge >= 0.3 is 5.97 Å². The summed E-state index contributed by atoms with van der Waals surface area (Å²) in [6, 6.07) is 3.60. The zero-order chi connectivity index (χ0) is 13.0. The topological polar surface area (TPSA) is 35.5 Å². The first-order chi connectivity index (χ1) is 7.99. The molecule has 0 heterocycles. The Labute approximate surface area is 103 Å². The van der Waals surface area contributed by atoms with Crippen molar-refractivity contribution in [3.05, 3.63) is 28.8 Å². The van der Waals surface area contributed by atoms with E-state index in [1.807, 2.05) is 20.8 Å². The number of hydrogen-bond acceptors (Lipinski definition) is 3. The second-order valence-electron chi connectivity index (χ2n) is 4.27. The molecular formula is C14H20O3. The van der Waals surface area contributed by atoms with Crippen LogP contribution in [0, 0.1) is 13.8 Å². The van der Waals surface area contributed by atoms with Gasteiger partial charge in [0.05, 0.1) is 18.8 Å². The number of carbonyl (C=O) groups is 1. The van der Waals surface area contributed by atoms with Crippen molar-refractivity contribution in [3.63, 3.8) is 0 Å². The van der Waals surface area contributed by atoms with Gasteiger partial charge in [0.25, 0.3) is 0 Å². The van der Waals surface area contributed by atoms with E-state index in [1.54, 1.807) is 12.1 Å². The molecule has 0 amide bonds. The van der Waals surface area contributed by atoms with E-state index < -0.39 is 0 Å². The Bertz CT molecular complexity index is 387. The Morgan fingerprint density at radius 3 is 2.24 bits per heavy atom. The first kappa shape index (κ1) is 13.6. The van der Waals surface area contributed by atoms with Crippen LogP contribution in [0.5, 0.6) is 5.75 Å². The quantitative estimate of drug-likeness (QED) is 0.753. The molecule has 0 bridgehead atoms. The van der Waals surface area contributed by atoms with E-state index in [0.717, 1.165) is 23.3 Å². The van der Waals surface area contributed by atoms with Crippen LogP contribution in [0.4, 0.5) is 0 Å². The van der Waals surface area contributed by atoms with Crippen LogP contribution in [0.2, 0.25) is 0 Å². The molecular weight excluding hydrogens is 216 g/mol. The van der Waals surface area contributed by atoms with Gasteiger partial charge in [-0.25, -0.2) is 4.79 Å². The largest absolute Gasteiger partial charge is 0.490 e. The van der Waals surface area contributed by atoms with Gasteiger partial charge in [0, 0.05) is 0 Å². The highest BCUT2D eigenvalue weighted by Gasteiger charge is 2.13. The van der Waals surface area contributed by atoms with E-state index in [4.69, 9.17) is 9.47 Å². The summed E-state index contributed by atoms with van der Waals surface area (Å²) in [4.78, 5) is 11.4. The molecule has 0 N–H and O–H groups in total. The van der Waals surface area contributed by atoms with Crippen molar-refractivity contribution in [1.29, 1.82) is 0 Å². The number of methoxy groups -OCH3 is 1. The summed E-state index contributed by atoms with van der Waals surface area (Å²) in [5.74, 6) is 0.554. The smallest absolute Gasteiger partial charge is 0.337 e. The highest BCUT2D eigenvalue weighted by atomic mass is 16.5. The Morgan fingerprint density at radius 1 is 1.29 bits per heavy atom. The molecule has 94 valence electrons. The van der Waals surface area contributed by atoms with Gasteiger partial charge in [0.15, 0.2) is 0 Å². The Morgan fingerprint density at radius 2 is 1.82 bits per heavy atom. The summed E-state index contributed by atoms with van der Waals surface area (Å²) in [7, 11) is 1.39. The molecule has 1 aromatic rings. The van der Waals surface area contributed by atoms with E-state index in [2.05, 4.69) is 6.92 Å². The van der Waals surface area contributed by atoms with Gasteiger partial charge in [0.1, 0.15) is 5.75 Å². The van der Waals surface area contributed by atoms with Crippen molar-refractivity contribution in [2.24, 2.45) is 0 Å². The highest BCUT2D eigenvalue weighted by molar-refractivity contribution is 5.90. The zero-order valence-corrected chi connectivity index (χ0v) is 11.2. The van der Waals surface area contributed by atoms with Gasteiger partial charge in [-0.1, -0.05) is 6.92 Å². The van der Waals surface area contributed by atoms with Crippen LogP contribution < -0.4 is 4.74 Å². The highest BCUT2D eigenvalue weighted by Crippen LogP contribution is 2.26. The lowest BCUT2D eigenvalue weighted by Gasteiger charge is -2.17. The van der Waals surface area contributed by atoms with Crippen molar-refractivity contribution < 1.29 is 14.3 Å². The Hall–Kier alpha value is -1.51. The predicted molar refractivity (Wildman–Crippen MR) is 67.6 cm³/mol. The van der Waals surface area contributed by atoms with E-state index in [0.29, 0.717) is 5.56 Å². The van der Waals surface area contributed by atoms with Gasteiger partial charge in [-0.05, 0) is 50.5 Å². The summed E-state index contributed by atoms with van der Waals surface area (Å²) < 4.78 is 10.5. The van der Waals surface area contributed by atoms with E-state index >= 15 is 0 Å². The van der Waals surface area contributed by atoms with Gasteiger partial charge in [-0.3, -0.25) is 0 Å². The number of benzene rings is 1. The number of ether oxygens (including phenoxy) is 2. The minimum absolute atomic E-state index is 0.177. The lowest BCUT2D eigenvalue weighted by molar-refractivity contribution is 0.0600. The molecule has 0 fully saturated rings. The average molecular weight is 236 g/mol. The third-order valence-corrected chi connectivity index (χ3v) is 2.78. The van der Waals surface area contributed by atoms with Crippen molar-refractivity contribution in [2.45, 2.75) is 40.2 Å². The van der Waals surface area contributed by atoms with Crippen LogP contribution in [-0.2, 0) is 4.74 Å². The SMILES string of the molecule is CCC(C)Oc1c(C)cc(C(=O)OC)cc1C. The third-order valence-electron chi connectivity index (χ3n) is 2.78. The van der Waals surface area contributed by atoms with Crippen molar-refractivity contribution in [3.8, 4) is 5.75 Å². The number of rotatable bonds is 4. The van der Waals surface area contributed by atoms with Gasteiger partial charge < -0.3 is 9.47 Å². The molecule has 1 aromatic carbocycles. The minimum atomic E-state index is -0.314. The van der Waals surface area contributed by atoms with Gasteiger partial charge in [-0.15, -0.1) is 0 Å². The molecule has 0 saturated heterocycles. The maximum atomic E-state index is 11.4. The predicted octanol–water partition coefficient (Wildman–Crippen LogP) is 3.27.